The molecule has 0 atom stereocenters. The monoisotopic (exact) mass is 306 g/mol. The maximum absolute atomic E-state index is 2.30. The van der Waals surface area contributed by atoms with Crippen LogP contribution in [0.1, 0.15) is 25.0 Å². The topological polar surface area (TPSA) is 0 Å². The van der Waals surface area contributed by atoms with Crippen LogP contribution in [0.25, 0.3) is 0 Å². The molecular weight excluding hydrogens is 278 g/mol. The summed E-state index contributed by atoms with van der Waals surface area (Å²) in [4.78, 5) is 0. The van der Waals surface area contributed by atoms with Crippen LogP contribution in [0.2, 0.25) is 0 Å². The van der Waals surface area contributed by atoms with E-state index < -0.39 is 0 Å². The first kappa shape index (κ1) is 17.2. The Labute approximate surface area is 141 Å². The van der Waals surface area contributed by atoms with E-state index in [9.17, 15) is 0 Å². The van der Waals surface area contributed by atoms with Crippen molar-refractivity contribution in [2.75, 3.05) is 13.1 Å². The second kappa shape index (κ2) is 9.12. The van der Waals surface area contributed by atoms with Crippen molar-refractivity contribution < 1.29 is 4.48 Å². The zero-order valence-corrected chi connectivity index (χ0v) is 14.4. The lowest BCUT2D eigenvalue weighted by Gasteiger charge is -2.37. The summed E-state index contributed by atoms with van der Waals surface area (Å²) in [7, 11) is 0. The summed E-state index contributed by atoms with van der Waals surface area (Å²) in [5, 5.41) is 0. The Morgan fingerprint density at radius 2 is 1.04 bits per heavy atom. The van der Waals surface area contributed by atoms with E-state index in [1.807, 2.05) is 0 Å². The first-order chi connectivity index (χ1) is 11.3. The Balaban J connectivity index is 2.32. The molecule has 1 heteroatoms. The van der Waals surface area contributed by atoms with Gasteiger partial charge in [-0.2, -0.15) is 0 Å². The Hall–Kier alpha value is -2.12. The van der Waals surface area contributed by atoms with Gasteiger partial charge in [-0.25, -0.2) is 0 Å². The van der Waals surface area contributed by atoms with Gasteiger partial charge in [0.2, 0.25) is 0 Å². The van der Waals surface area contributed by atoms with Crippen molar-refractivity contribution in [1.29, 1.82) is 0 Å². The molecule has 0 aliphatic rings. The number of quaternary nitrogens is 1. The highest BCUT2D eigenvalue weighted by Crippen LogP contribution is 2.20. The van der Waals surface area contributed by atoms with Crippen molar-refractivity contribution in [2.24, 2.45) is 0 Å². The Kier molecular flexibility index (Phi) is 6.83. The molecule has 0 unspecified atom stereocenters. The minimum absolute atomic E-state index is 1.02. The van der Waals surface area contributed by atoms with Gasteiger partial charge >= 0.3 is 0 Å². The van der Waals surface area contributed by atoms with Gasteiger partial charge < -0.3 is 4.48 Å². The summed E-state index contributed by atoms with van der Waals surface area (Å²) in [6.45, 7) is 8.40. The summed E-state index contributed by atoms with van der Waals surface area (Å²) < 4.78 is 1.02. The van der Waals surface area contributed by atoms with Crippen LogP contribution in [0, 0.1) is 0 Å². The third-order valence-electron chi connectivity index (χ3n) is 4.18. The molecule has 120 valence electrons. The third-order valence-corrected chi connectivity index (χ3v) is 4.18. The van der Waals surface area contributed by atoms with Crippen LogP contribution < -0.4 is 0 Å². The molecule has 2 aromatic carbocycles. The van der Waals surface area contributed by atoms with E-state index in [1.54, 1.807) is 0 Å². The zero-order chi connectivity index (χ0) is 16.4. The summed E-state index contributed by atoms with van der Waals surface area (Å²) >= 11 is 0. The van der Waals surface area contributed by atoms with Gasteiger partial charge in [-0.15, -0.1) is 0 Å². The molecule has 0 saturated heterocycles. The average Bonchev–Trinajstić information content (AvgIpc) is 2.60. The van der Waals surface area contributed by atoms with Gasteiger partial charge in [0.25, 0.3) is 0 Å². The molecule has 0 aliphatic heterocycles. The third kappa shape index (κ3) is 5.54. The molecule has 0 radical (unpaired) electrons. The van der Waals surface area contributed by atoms with E-state index in [4.69, 9.17) is 0 Å². The minimum atomic E-state index is 1.02. The fourth-order valence-corrected chi connectivity index (χ4v) is 2.99. The second-order valence-electron chi connectivity index (χ2n) is 6.13. The largest absolute Gasteiger partial charge is 0.310 e. The second-order valence-corrected chi connectivity index (χ2v) is 6.13. The number of hydrogen-bond donors (Lipinski definition) is 0. The van der Waals surface area contributed by atoms with Crippen LogP contribution in [0.3, 0.4) is 0 Å². The van der Waals surface area contributed by atoms with Crippen molar-refractivity contribution in [2.45, 2.75) is 26.9 Å². The van der Waals surface area contributed by atoms with Crippen LogP contribution in [-0.4, -0.2) is 17.6 Å². The molecule has 1 nitrogen and oxygen atoms in total. The first-order valence-corrected chi connectivity index (χ1v) is 8.43. The predicted octanol–water partition coefficient (Wildman–Crippen LogP) is 5.36. The van der Waals surface area contributed by atoms with Gasteiger partial charge in [0.1, 0.15) is 13.1 Å². The molecule has 23 heavy (non-hydrogen) atoms. The highest BCUT2D eigenvalue weighted by Gasteiger charge is 2.25. The summed E-state index contributed by atoms with van der Waals surface area (Å²) in [5.41, 5.74) is 2.80. The minimum Gasteiger partial charge on any atom is -0.310 e. The fraction of sp³-hybridized carbons (Fsp3) is 0.273. The zero-order valence-electron chi connectivity index (χ0n) is 14.4. The Morgan fingerprint density at radius 3 is 1.39 bits per heavy atom. The quantitative estimate of drug-likeness (QED) is 0.455. The van der Waals surface area contributed by atoms with Gasteiger partial charge in [0, 0.05) is 11.1 Å². The lowest BCUT2D eigenvalue weighted by atomic mass is 10.1. The fourth-order valence-electron chi connectivity index (χ4n) is 2.99. The van der Waals surface area contributed by atoms with Crippen molar-refractivity contribution in [3.8, 4) is 0 Å². The number of benzene rings is 2. The molecular formula is C22H28N+. The molecule has 0 amide bonds. The van der Waals surface area contributed by atoms with Gasteiger partial charge in [0.15, 0.2) is 0 Å². The molecule has 0 bridgehead atoms. The molecule has 2 aromatic rings. The first-order valence-electron chi connectivity index (χ1n) is 8.43. The van der Waals surface area contributed by atoms with Crippen LogP contribution in [0.4, 0.5) is 0 Å². The van der Waals surface area contributed by atoms with Crippen molar-refractivity contribution in [1.82, 2.24) is 0 Å². The summed E-state index contributed by atoms with van der Waals surface area (Å²) in [5.74, 6) is 0. The van der Waals surface area contributed by atoms with Crippen molar-refractivity contribution >= 4 is 0 Å². The van der Waals surface area contributed by atoms with Gasteiger partial charge in [-0.05, 0) is 26.0 Å². The average molecular weight is 306 g/mol. The molecule has 0 saturated carbocycles. The number of hydrogen-bond acceptors (Lipinski definition) is 0. The normalized spacial score (nSPS) is 12.3. The van der Waals surface area contributed by atoms with E-state index in [2.05, 4.69) is 98.8 Å². The van der Waals surface area contributed by atoms with Crippen LogP contribution >= 0.6 is 0 Å². The highest BCUT2D eigenvalue weighted by atomic mass is 15.3. The maximum Gasteiger partial charge on any atom is 0.105 e. The van der Waals surface area contributed by atoms with Gasteiger partial charge in [0.05, 0.1) is 13.1 Å². The lowest BCUT2D eigenvalue weighted by molar-refractivity contribution is -0.943. The number of allylic oxidation sites excluding steroid dienone is 2. The number of nitrogens with zero attached hydrogens (tertiary/aromatic N) is 1. The van der Waals surface area contributed by atoms with E-state index >= 15 is 0 Å². The number of rotatable bonds is 8. The molecule has 0 spiro atoms. The van der Waals surface area contributed by atoms with Crippen molar-refractivity contribution in [3.63, 3.8) is 0 Å². The lowest BCUT2D eigenvalue weighted by Crippen LogP contribution is -2.46. The highest BCUT2D eigenvalue weighted by molar-refractivity contribution is 5.15. The molecule has 0 N–H and O–H groups in total. The van der Waals surface area contributed by atoms with Crippen LogP contribution in [0.5, 0.6) is 0 Å². The maximum atomic E-state index is 2.30. The van der Waals surface area contributed by atoms with E-state index in [-0.39, 0.29) is 0 Å². The van der Waals surface area contributed by atoms with Crippen molar-refractivity contribution in [3.05, 3.63) is 96.1 Å². The van der Waals surface area contributed by atoms with Crippen LogP contribution in [0.15, 0.2) is 85.0 Å². The molecule has 0 aromatic heterocycles. The van der Waals surface area contributed by atoms with Gasteiger partial charge in [-0.1, -0.05) is 72.8 Å². The van der Waals surface area contributed by atoms with E-state index in [1.165, 1.54) is 11.1 Å². The Morgan fingerprint density at radius 1 is 0.652 bits per heavy atom. The Bertz CT molecular complexity index is 553. The van der Waals surface area contributed by atoms with E-state index in [0.29, 0.717) is 0 Å². The molecule has 0 aliphatic carbocycles. The predicted molar refractivity (Wildman–Crippen MR) is 99.9 cm³/mol. The van der Waals surface area contributed by atoms with Crippen LogP contribution in [-0.2, 0) is 13.1 Å². The smallest absolute Gasteiger partial charge is 0.105 e. The molecule has 0 fully saturated rings. The standard InChI is InChI=1S/C22H28N/c1-3-5-17-23(18-6-4-2,19-21-13-9-7-10-14-21)20-22-15-11-8-12-16-22/h3-16H,17-20H2,1-2H3/q+1/b5-3+,6-4+. The van der Waals surface area contributed by atoms with Gasteiger partial charge in [-0.3, -0.25) is 0 Å². The molecule has 2 rings (SSSR count). The SMILES string of the molecule is C/C=C/C[N+](C/C=C/C)(Cc1ccccc1)Cc1ccccc1. The summed E-state index contributed by atoms with van der Waals surface area (Å²) in [6, 6.07) is 21.7. The van der Waals surface area contributed by atoms with E-state index in [0.717, 1.165) is 30.7 Å². The summed E-state index contributed by atoms with van der Waals surface area (Å²) in [6.07, 6.45) is 8.93. The molecule has 0 heterocycles.